The first-order valence-corrected chi connectivity index (χ1v) is 10.0. The molecule has 1 aromatic carbocycles. The summed E-state index contributed by atoms with van der Waals surface area (Å²) in [4.78, 5) is 18.9. The van der Waals surface area contributed by atoms with E-state index in [4.69, 9.17) is 4.74 Å². The SMILES string of the molecule is CCNC(=NCCCNC(=O)c1ccc(Br)cc1)N(C)CC1CCOC1.I. The van der Waals surface area contributed by atoms with Crippen LogP contribution in [-0.4, -0.2) is 63.2 Å². The van der Waals surface area contributed by atoms with Crippen molar-refractivity contribution in [1.29, 1.82) is 0 Å². The molecule has 1 fully saturated rings. The largest absolute Gasteiger partial charge is 0.381 e. The number of nitrogens with one attached hydrogen (secondary N) is 2. The minimum Gasteiger partial charge on any atom is -0.381 e. The highest BCUT2D eigenvalue weighted by atomic mass is 127. The smallest absolute Gasteiger partial charge is 0.251 e. The molecule has 1 aromatic rings. The fourth-order valence-corrected chi connectivity index (χ4v) is 3.10. The first-order chi connectivity index (χ1) is 12.6. The van der Waals surface area contributed by atoms with Crippen molar-refractivity contribution in [3.8, 4) is 0 Å². The molecule has 0 aliphatic carbocycles. The van der Waals surface area contributed by atoms with Crippen LogP contribution in [0.5, 0.6) is 0 Å². The fourth-order valence-electron chi connectivity index (χ4n) is 2.84. The number of halogens is 2. The number of rotatable bonds is 8. The van der Waals surface area contributed by atoms with Gasteiger partial charge in [0, 0.05) is 55.8 Å². The molecule has 2 N–H and O–H groups in total. The Labute approximate surface area is 187 Å². The van der Waals surface area contributed by atoms with Crippen LogP contribution >= 0.6 is 39.9 Å². The van der Waals surface area contributed by atoms with Crippen molar-refractivity contribution < 1.29 is 9.53 Å². The third-order valence-corrected chi connectivity index (χ3v) is 4.77. The van der Waals surface area contributed by atoms with E-state index in [1.54, 1.807) is 0 Å². The molecule has 1 atom stereocenters. The van der Waals surface area contributed by atoms with Crippen LogP contribution in [0.1, 0.15) is 30.1 Å². The number of aliphatic imine (C=N–C) groups is 1. The molecule has 0 spiro atoms. The number of amides is 1. The monoisotopic (exact) mass is 552 g/mol. The molecule has 27 heavy (non-hydrogen) atoms. The molecule has 1 heterocycles. The summed E-state index contributed by atoms with van der Waals surface area (Å²) in [6, 6.07) is 7.35. The lowest BCUT2D eigenvalue weighted by Gasteiger charge is -2.24. The van der Waals surface area contributed by atoms with Crippen molar-refractivity contribution in [1.82, 2.24) is 15.5 Å². The van der Waals surface area contributed by atoms with E-state index < -0.39 is 0 Å². The quantitative estimate of drug-likeness (QED) is 0.225. The van der Waals surface area contributed by atoms with Gasteiger partial charge in [-0.1, -0.05) is 15.9 Å². The minimum absolute atomic E-state index is 0. The number of carbonyl (C=O) groups excluding carboxylic acids is 1. The van der Waals surface area contributed by atoms with Crippen LogP contribution in [0.3, 0.4) is 0 Å². The van der Waals surface area contributed by atoms with Crippen LogP contribution in [0.4, 0.5) is 0 Å². The number of carbonyl (C=O) groups is 1. The maximum absolute atomic E-state index is 12.1. The zero-order valence-corrected chi connectivity index (χ0v) is 20.0. The zero-order chi connectivity index (χ0) is 18.8. The maximum Gasteiger partial charge on any atom is 0.251 e. The van der Waals surface area contributed by atoms with Crippen molar-refractivity contribution in [3.05, 3.63) is 34.3 Å². The number of guanidine groups is 1. The van der Waals surface area contributed by atoms with Crippen molar-refractivity contribution in [2.75, 3.05) is 46.4 Å². The average molecular weight is 553 g/mol. The van der Waals surface area contributed by atoms with Crippen molar-refractivity contribution in [3.63, 3.8) is 0 Å². The lowest BCUT2D eigenvalue weighted by Crippen LogP contribution is -2.41. The molecule has 1 amide bonds. The van der Waals surface area contributed by atoms with Crippen molar-refractivity contribution in [2.24, 2.45) is 10.9 Å². The fraction of sp³-hybridized carbons (Fsp3) is 0.579. The summed E-state index contributed by atoms with van der Waals surface area (Å²) < 4.78 is 6.41. The first kappa shape index (κ1) is 24.2. The van der Waals surface area contributed by atoms with E-state index in [1.165, 1.54) is 0 Å². The van der Waals surface area contributed by atoms with Gasteiger partial charge in [0.15, 0.2) is 5.96 Å². The second kappa shape index (κ2) is 13.3. The number of benzene rings is 1. The molecule has 0 aromatic heterocycles. The van der Waals surface area contributed by atoms with Gasteiger partial charge in [-0.15, -0.1) is 24.0 Å². The van der Waals surface area contributed by atoms with Gasteiger partial charge in [0.1, 0.15) is 0 Å². The summed E-state index contributed by atoms with van der Waals surface area (Å²) in [5.74, 6) is 1.44. The van der Waals surface area contributed by atoms with Crippen LogP contribution in [0.25, 0.3) is 0 Å². The van der Waals surface area contributed by atoms with Crippen LogP contribution in [0.15, 0.2) is 33.7 Å². The van der Waals surface area contributed by atoms with Gasteiger partial charge in [0.25, 0.3) is 5.91 Å². The normalized spacial score (nSPS) is 16.6. The van der Waals surface area contributed by atoms with Gasteiger partial charge in [-0.2, -0.15) is 0 Å². The highest BCUT2D eigenvalue weighted by molar-refractivity contribution is 14.0. The van der Waals surface area contributed by atoms with Gasteiger partial charge >= 0.3 is 0 Å². The van der Waals surface area contributed by atoms with E-state index >= 15 is 0 Å². The van der Waals surface area contributed by atoms with E-state index in [0.29, 0.717) is 24.6 Å². The maximum atomic E-state index is 12.1. The predicted molar refractivity (Wildman–Crippen MR) is 124 cm³/mol. The molecule has 152 valence electrons. The Morgan fingerprint density at radius 3 is 2.70 bits per heavy atom. The molecule has 0 bridgehead atoms. The second-order valence-corrected chi connectivity index (χ2v) is 7.38. The van der Waals surface area contributed by atoms with E-state index in [1.807, 2.05) is 24.3 Å². The third kappa shape index (κ3) is 8.78. The summed E-state index contributed by atoms with van der Waals surface area (Å²) in [5.41, 5.74) is 0.670. The van der Waals surface area contributed by atoms with Gasteiger partial charge in [-0.25, -0.2) is 0 Å². The Bertz CT molecular complexity index is 592. The van der Waals surface area contributed by atoms with Crippen LogP contribution < -0.4 is 10.6 Å². The molecular formula is C19H30BrIN4O2. The number of hydrogen-bond acceptors (Lipinski definition) is 3. The molecular weight excluding hydrogens is 523 g/mol. The molecule has 1 aliphatic heterocycles. The molecule has 1 unspecified atom stereocenters. The molecule has 0 saturated carbocycles. The van der Waals surface area contributed by atoms with Crippen LogP contribution in [-0.2, 0) is 4.74 Å². The standard InChI is InChI=1S/C19H29BrN4O2.HI/c1-3-21-19(24(2)13-15-9-12-26-14-15)23-11-4-10-22-18(25)16-5-7-17(20)8-6-16;/h5-8,15H,3-4,9-14H2,1-2H3,(H,21,23)(H,22,25);1H. The van der Waals surface area contributed by atoms with Gasteiger partial charge < -0.3 is 20.3 Å². The number of ether oxygens (including phenoxy) is 1. The summed E-state index contributed by atoms with van der Waals surface area (Å²) in [5, 5.41) is 6.27. The van der Waals surface area contributed by atoms with Gasteiger partial charge in [0.2, 0.25) is 0 Å². The predicted octanol–water partition coefficient (Wildman–Crippen LogP) is 3.12. The zero-order valence-electron chi connectivity index (χ0n) is 16.0. The van der Waals surface area contributed by atoms with Crippen LogP contribution in [0.2, 0.25) is 0 Å². The minimum atomic E-state index is -0.0493. The third-order valence-electron chi connectivity index (χ3n) is 4.24. The Kier molecular flexibility index (Phi) is 11.9. The molecule has 1 saturated heterocycles. The molecule has 8 heteroatoms. The highest BCUT2D eigenvalue weighted by Crippen LogP contribution is 2.13. The lowest BCUT2D eigenvalue weighted by atomic mass is 10.1. The number of hydrogen-bond donors (Lipinski definition) is 2. The van der Waals surface area contributed by atoms with Crippen molar-refractivity contribution in [2.45, 2.75) is 19.8 Å². The Balaban J connectivity index is 0.00000364. The summed E-state index contributed by atoms with van der Waals surface area (Å²) in [6.07, 6.45) is 1.92. The van der Waals surface area contributed by atoms with Crippen molar-refractivity contribution >= 4 is 51.8 Å². The van der Waals surface area contributed by atoms with Crippen LogP contribution in [0, 0.1) is 5.92 Å². The molecule has 6 nitrogen and oxygen atoms in total. The lowest BCUT2D eigenvalue weighted by molar-refractivity contribution is 0.0953. The topological polar surface area (TPSA) is 66.0 Å². The summed E-state index contributed by atoms with van der Waals surface area (Å²) in [7, 11) is 2.06. The summed E-state index contributed by atoms with van der Waals surface area (Å²) >= 11 is 3.37. The highest BCUT2D eigenvalue weighted by Gasteiger charge is 2.18. The van der Waals surface area contributed by atoms with Gasteiger partial charge in [0.05, 0.1) is 6.61 Å². The average Bonchev–Trinajstić information content (AvgIpc) is 3.13. The second-order valence-electron chi connectivity index (χ2n) is 6.46. The number of nitrogens with zero attached hydrogens (tertiary/aromatic N) is 2. The van der Waals surface area contributed by atoms with E-state index in [9.17, 15) is 4.79 Å². The Hall–Kier alpha value is -0.870. The Morgan fingerprint density at radius 1 is 1.33 bits per heavy atom. The first-order valence-electron chi connectivity index (χ1n) is 9.21. The summed E-state index contributed by atoms with van der Waals surface area (Å²) in [6.45, 7) is 6.85. The van der Waals surface area contributed by atoms with Gasteiger partial charge in [-0.3, -0.25) is 9.79 Å². The molecule has 2 rings (SSSR count). The van der Waals surface area contributed by atoms with E-state index in [2.05, 4.69) is 50.4 Å². The van der Waals surface area contributed by atoms with E-state index in [0.717, 1.165) is 49.6 Å². The van der Waals surface area contributed by atoms with Gasteiger partial charge in [-0.05, 0) is 44.0 Å². The molecule has 0 radical (unpaired) electrons. The Morgan fingerprint density at radius 2 is 2.07 bits per heavy atom. The van der Waals surface area contributed by atoms with E-state index in [-0.39, 0.29) is 29.9 Å². The molecule has 1 aliphatic rings.